The predicted molar refractivity (Wildman–Crippen MR) is 103 cm³/mol. The number of nitrogens with one attached hydrogen (secondary N) is 1. The molecule has 26 heavy (non-hydrogen) atoms. The van der Waals surface area contributed by atoms with Crippen molar-refractivity contribution >= 4 is 17.2 Å². The van der Waals surface area contributed by atoms with Gasteiger partial charge in [-0.2, -0.15) is 0 Å². The van der Waals surface area contributed by atoms with Gasteiger partial charge in [0.25, 0.3) is 0 Å². The lowest BCUT2D eigenvalue weighted by molar-refractivity contribution is 0.568. The molecule has 1 aromatic carbocycles. The fraction of sp³-hybridized carbons (Fsp3) is 0.250. The van der Waals surface area contributed by atoms with Crippen molar-refractivity contribution in [2.45, 2.75) is 19.3 Å². The van der Waals surface area contributed by atoms with Crippen LogP contribution in [0.25, 0.3) is 11.1 Å². The predicted octanol–water partition coefficient (Wildman–Crippen LogP) is 3.73. The Balaban J connectivity index is 1.66. The smallest absolute Gasteiger partial charge is 0.132 e. The first kappa shape index (κ1) is 16.3. The van der Waals surface area contributed by atoms with Crippen LogP contribution >= 0.6 is 0 Å². The van der Waals surface area contributed by atoms with Crippen LogP contribution in [0.4, 0.5) is 11.5 Å². The summed E-state index contributed by atoms with van der Waals surface area (Å²) in [6, 6.07) is 9.43. The minimum absolute atomic E-state index is 0.300. The number of anilines is 2. The maximum Gasteiger partial charge on any atom is 0.132 e. The molecule has 6 heteroatoms. The molecule has 1 fully saturated rings. The Labute approximate surface area is 152 Å². The molecule has 0 radical (unpaired) electrons. The number of hydrogen-bond donors (Lipinski definition) is 2. The number of nitrogen functional groups attached to an aromatic ring is 1. The summed E-state index contributed by atoms with van der Waals surface area (Å²) in [5.41, 5.74) is 10.1. The van der Waals surface area contributed by atoms with E-state index in [1.165, 1.54) is 25.6 Å². The van der Waals surface area contributed by atoms with Gasteiger partial charge in [0.2, 0.25) is 0 Å². The summed E-state index contributed by atoms with van der Waals surface area (Å²) in [5.74, 6) is 0.879. The summed E-state index contributed by atoms with van der Waals surface area (Å²) in [4.78, 5) is 11.0. The molecule has 0 amide bonds. The highest BCUT2D eigenvalue weighted by atomic mass is 16.3. The van der Waals surface area contributed by atoms with Crippen molar-refractivity contribution in [1.82, 2.24) is 9.97 Å². The third kappa shape index (κ3) is 3.18. The number of benzene rings is 1. The van der Waals surface area contributed by atoms with Crippen LogP contribution in [0.2, 0.25) is 0 Å². The second-order valence-corrected chi connectivity index (χ2v) is 6.50. The highest BCUT2D eigenvalue weighted by molar-refractivity contribution is 6.13. The van der Waals surface area contributed by atoms with Gasteiger partial charge in [-0.3, -0.25) is 5.41 Å². The average molecular weight is 347 g/mol. The minimum atomic E-state index is 0.300. The molecule has 0 aliphatic carbocycles. The van der Waals surface area contributed by atoms with Crippen molar-refractivity contribution in [3.05, 3.63) is 60.4 Å². The number of furan rings is 1. The summed E-state index contributed by atoms with van der Waals surface area (Å²) < 4.78 is 5.16. The van der Waals surface area contributed by atoms with Crippen LogP contribution in [0.3, 0.4) is 0 Å². The fourth-order valence-electron chi connectivity index (χ4n) is 3.30. The third-order valence-electron chi connectivity index (χ3n) is 4.77. The first-order chi connectivity index (χ1) is 12.7. The lowest BCUT2D eigenvalue weighted by Crippen LogP contribution is -2.30. The molecule has 6 nitrogen and oxygen atoms in total. The van der Waals surface area contributed by atoms with E-state index < -0.39 is 0 Å². The number of hydrogen-bond acceptors (Lipinski definition) is 6. The molecule has 0 unspecified atom stereocenters. The van der Waals surface area contributed by atoms with E-state index in [0.717, 1.165) is 30.0 Å². The highest BCUT2D eigenvalue weighted by Gasteiger charge is 2.16. The van der Waals surface area contributed by atoms with Gasteiger partial charge in [0.05, 0.1) is 23.9 Å². The van der Waals surface area contributed by atoms with Crippen LogP contribution in [0.5, 0.6) is 0 Å². The molecule has 132 valence electrons. The van der Waals surface area contributed by atoms with Crippen LogP contribution in [0, 0.1) is 5.41 Å². The topological polar surface area (TPSA) is 92.0 Å². The van der Waals surface area contributed by atoms with Gasteiger partial charge in [0.15, 0.2) is 0 Å². The van der Waals surface area contributed by atoms with E-state index in [1.807, 2.05) is 30.3 Å². The van der Waals surface area contributed by atoms with Crippen LogP contribution in [0.15, 0.2) is 53.6 Å². The Morgan fingerprint density at radius 3 is 2.65 bits per heavy atom. The maximum atomic E-state index is 8.63. The molecular weight excluding hydrogens is 326 g/mol. The first-order valence-electron chi connectivity index (χ1n) is 8.81. The quantitative estimate of drug-likeness (QED) is 0.554. The van der Waals surface area contributed by atoms with Crippen molar-refractivity contribution in [3.8, 4) is 11.1 Å². The van der Waals surface area contributed by atoms with E-state index in [1.54, 1.807) is 12.5 Å². The lowest BCUT2D eigenvalue weighted by atomic mass is 9.99. The molecule has 4 rings (SSSR count). The van der Waals surface area contributed by atoms with Gasteiger partial charge >= 0.3 is 0 Å². The van der Waals surface area contributed by atoms with E-state index in [4.69, 9.17) is 15.6 Å². The zero-order valence-electron chi connectivity index (χ0n) is 14.5. The van der Waals surface area contributed by atoms with Crippen LogP contribution < -0.4 is 10.6 Å². The van der Waals surface area contributed by atoms with Crippen LogP contribution in [-0.2, 0) is 0 Å². The van der Waals surface area contributed by atoms with E-state index in [0.29, 0.717) is 22.7 Å². The Kier molecular flexibility index (Phi) is 4.39. The van der Waals surface area contributed by atoms with Crippen molar-refractivity contribution in [2.24, 2.45) is 0 Å². The number of rotatable bonds is 4. The Bertz CT molecular complexity index is 914. The van der Waals surface area contributed by atoms with Gasteiger partial charge in [0, 0.05) is 36.0 Å². The van der Waals surface area contributed by atoms with Gasteiger partial charge in [-0.25, -0.2) is 9.97 Å². The van der Waals surface area contributed by atoms with Crippen molar-refractivity contribution in [2.75, 3.05) is 23.7 Å². The van der Waals surface area contributed by atoms with Gasteiger partial charge in [-0.15, -0.1) is 0 Å². The van der Waals surface area contributed by atoms with E-state index in [-0.39, 0.29) is 0 Å². The lowest BCUT2D eigenvalue weighted by Gasteiger charge is -2.27. The molecule has 1 saturated heterocycles. The number of nitrogens with two attached hydrogens (primary N) is 1. The first-order valence-corrected chi connectivity index (χ1v) is 8.81. The minimum Gasteiger partial charge on any atom is -0.472 e. The highest BCUT2D eigenvalue weighted by Crippen LogP contribution is 2.26. The fourth-order valence-corrected chi connectivity index (χ4v) is 3.30. The monoisotopic (exact) mass is 347 g/mol. The molecule has 3 aromatic rings. The molecule has 0 bridgehead atoms. The summed E-state index contributed by atoms with van der Waals surface area (Å²) in [5, 5.41) is 8.63. The van der Waals surface area contributed by atoms with Gasteiger partial charge < -0.3 is 15.1 Å². The Morgan fingerprint density at radius 1 is 1.04 bits per heavy atom. The van der Waals surface area contributed by atoms with Crippen molar-refractivity contribution in [3.63, 3.8) is 0 Å². The van der Waals surface area contributed by atoms with Crippen molar-refractivity contribution in [1.29, 1.82) is 5.41 Å². The zero-order valence-corrected chi connectivity index (χ0v) is 14.5. The summed E-state index contributed by atoms with van der Waals surface area (Å²) in [7, 11) is 0. The normalized spacial score (nSPS) is 14.4. The third-order valence-corrected chi connectivity index (χ3v) is 4.77. The Hall–Kier alpha value is -3.15. The van der Waals surface area contributed by atoms with Crippen molar-refractivity contribution < 1.29 is 4.42 Å². The number of aromatic nitrogens is 2. The zero-order chi connectivity index (χ0) is 17.9. The standard InChI is InChI=1S/C20H21N5O/c21-17-5-4-14(15-6-9-26-12-15)10-16(17)20(22)18-11-19(24-13-23-18)25-7-2-1-3-8-25/h4-6,9-13,22H,1-3,7-8,21H2. The van der Waals surface area contributed by atoms with Crippen LogP contribution in [0.1, 0.15) is 30.5 Å². The Morgan fingerprint density at radius 2 is 1.88 bits per heavy atom. The van der Waals surface area contributed by atoms with E-state index in [2.05, 4.69) is 14.9 Å². The van der Waals surface area contributed by atoms with Gasteiger partial charge in [0.1, 0.15) is 12.1 Å². The summed E-state index contributed by atoms with van der Waals surface area (Å²) in [6.07, 6.45) is 8.46. The summed E-state index contributed by atoms with van der Waals surface area (Å²) >= 11 is 0. The molecule has 0 spiro atoms. The van der Waals surface area contributed by atoms with E-state index in [9.17, 15) is 0 Å². The van der Waals surface area contributed by atoms with Gasteiger partial charge in [-0.05, 0) is 43.0 Å². The number of piperidine rings is 1. The van der Waals surface area contributed by atoms with E-state index >= 15 is 0 Å². The second-order valence-electron chi connectivity index (χ2n) is 6.50. The molecule has 3 heterocycles. The number of nitrogens with zero attached hydrogens (tertiary/aromatic N) is 3. The second kappa shape index (κ2) is 7.00. The molecule has 2 aromatic heterocycles. The maximum absolute atomic E-state index is 8.63. The molecular formula is C20H21N5O. The molecule has 0 atom stereocenters. The SMILES string of the molecule is N=C(c1cc(N2CCCCC2)ncn1)c1cc(-c2ccoc2)ccc1N. The largest absolute Gasteiger partial charge is 0.472 e. The molecule has 1 aliphatic heterocycles. The van der Waals surface area contributed by atoms with Crippen LogP contribution in [-0.4, -0.2) is 28.8 Å². The average Bonchev–Trinajstić information content (AvgIpc) is 3.23. The van der Waals surface area contributed by atoms with Gasteiger partial charge in [-0.1, -0.05) is 6.07 Å². The molecule has 0 saturated carbocycles. The molecule has 3 N–H and O–H groups in total. The summed E-state index contributed by atoms with van der Waals surface area (Å²) in [6.45, 7) is 2.00. The molecule has 1 aliphatic rings.